The summed E-state index contributed by atoms with van der Waals surface area (Å²) in [5.74, 6) is -3.91. The summed E-state index contributed by atoms with van der Waals surface area (Å²) in [5, 5.41) is 24.5. The van der Waals surface area contributed by atoms with Crippen LogP contribution in [0.1, 0.15) is 50.7 Å². The van der Waals surface area contributed by atoms with Gasteiger partial charge in [-0.25, -0.2) is 0 Å². The number of nitrogens with zero attached hydrogens (tertiary/aromatic N) is 2. The van der Waals surface area contributed by atoms with Gasteiger partial charge in [0.1, 0.15) is 24.2 Å². The average Bonchev–Trinajstić information content (AvgIpc) is 3.70. The Morgan fingerprint density at radius 1 is 0.938 bits per heavy atom. The monoisotopic (exact) mass is 661 g/mol. The van der Waals surface area contributed by atoms with Crippen molar-refractivity contribution in [3.8, 4) is 0 Å². The number of pyridine rings is 1. The quantitative estimate of drug-likeness (QED) is 0.229. The minimum Gasteiger partial charge on any atom is -0.391 e. The molecule has 2 aromatic rings. The molecule has 2 aliphatic heterocycles. The zero-order chi connectivity index (χ0) is 34.4. The Kier molecular flexibility index (Phi) is 11.0. The number of aliphatic hydroxyl groups excluding tert-OH is 1. The van der Waals surface area contributed by atoms with Crippen LogP contribution in [0.2, 0.25) is 0 Å². The van der Waals surface area contributed by atoms with Gasteiger partial charge in [-0.3, -0.25) is 33.8 Å². The van der Waals surface area contributed by atoms with E-state index in [0.717, 1.165) is 5.56 Å². The topological polar surface area (TPSA) is 199 Å². The summed E-state index contributed by atoms with van der Waals surface area (Å²) in [5.41, 5.74) is 1.42. The van der Waals surface area contributed by atoms with Crippen LogP contribution in [0.25, 0.3) is 0 Å². The lowest BCUT2D eigenvalue weighted by molar-refractivity contribution is -0.143. The van der Waals surface area contributed by atoms with Gasteiger partial charge >= 0.3 is 0 Å². The van der Waals surface area contributed by atoms with Crippen LogP contribution in [0, 0.1) is 5.92 Å². The fraction of sp³-hybridized carbons (Fsp3) is 0.500. The third kappa shape index (κ3) is 8.35. The molecule has 14 nitrogen and oxygen atoms in total. The van der Waals surface area contributed by atoms with Crippen molar-refractivity contribution in [3.05, 3.63) is 66.0 Å². The fourth-order valence-corrected chi connectivity index (χ4v) is 6.71. The van der Waals surface area contributed by atoms with Gasteiger partial charge in [0, 0.05) is 37.4 Å². The first kappa shape index (κ1) is 34.5. The second kappa shape index (κ2) is 15.4. The summed E-state index contributed by atoms with van der Waals surface area (Å²) >= 11 is 0. The lowest BCUT2D eigenvalue weighted by Gasteiger charge is -2.32. The van der Waals surface area contributed by atoms with Gasteiger partial charge in [-0.1, -0.05) is 42.8 Å². The predicted molar refractivity (Wildman–Crippen MR) is 173 cm³/mol. The molecule has 0 radical (unpaired) electrons. The van der Waals surface area contributed by atoms with Gasteiger partial charge < -0.3 is 36.6 Å². The Hall–Kier alpha value is -4.85. The maximum absolute atomic E-state index is 14.4. The van der Waals surface area contributed by atoms with Crippen molar-refractivity contribution < 1.29 is 33.9 Å². The van der Waals surface area contributed by atoms with Crippen LogP contribution in [0.4, 0.5) is 0 Å². The highest BCUT2D eigenvalue weighted by molar-refractivity contribution is 5.97. The molecular weight excluding hydrogens is 618 g/mol. The van der Waals surface area contributed by atoms with Gasteiger partial charge in [-0.15, -0.1) is 0 Å². The van der Waals surface area contributed by atoms with E-state index < -0.39 is 77.8 Å². The molecule has 8 atom stereocenters. The molecule has 5 rings (SSSR count). The number of amides is 6. The lowest BCUT2D eigenvalue weighted by atomic mass is 10.00. The number of hydrogen-bond acceptors (Lipinski definition) is 8. The minimum atomic E-state index is -1.38. The van der Waals surface area contributed by atoms with Crippen LogP contribution in [0.3, 0.4) is 0 Å². The molecule has 6 amide bonds. The number of hydrogen-bond donors (Lipinski definition) is 6. The summed E-state index contributed by atoms with van der Waals surface area (Å²) in [6.45, 7) is 2.86. The molecule has 3 fully saturated rings. The highest BCUT2D eigenvalue weighted by Gasteiger charge is 2.44. The molecule has 0 bridgehead atoms. The molecule has 48 heavy (non-hydrogen) atoms. The van der Waals surface area contributed by atoms with Gasteiger partial charge in [0.05, 0.1) is 18.4 Å². The van der Waals surface area contributed by atoms with Crippen molar-refractivity contribution in [2.75, 3.05) is 6.54 Å². The molecule has 1 aliphatic carbocycles. The average molecular weight is 662 g/mol. The van der Waals surface area contributed by atoms with Crippen LogP contribution in [0.5, 0.6) is 0 Å². The van der Waals surface area contributed by atoms with Crippen molar-refractivity contribution in [1.82, 2.24) is 36.5 Å². The zero-order valence-corrected chi connectivity index (χ0v) is 27.1. The molecular formula is C34H43N7O7. The SMILES string of the molecule is C[C@@H]1NC(=O)[C@@H]2C[C@@H](NC(=O)Cc3cccnc3)CN2C(=O)[C@H](Cc2ccccc2)NC(=O)[C@H]([C@@H](C)O)NC(=O)[C@@H]2CCC[C@H]2NC1=O. The van der Waals surface area contributed by atoms with Crippen LogP contribution < -0.4 is 26.6 Å². The molecule has 1 aromatic heterocycles. The Labute approximate surface area is 278 Å². The normalized spacial score (nSPS) is 29.1. The van der Waals surface area contributed by atoms with E-state index in [1.807, 2.05) is 6.07 Å². The number of carbonyl (C=O) groups is 6. The van der Waals surface area contributed by atoms with E-state index >= 15 is 0 Å². The van der Waals surface area contributed by atoms with Crippen molar-refractivity contribution in [3.63, 3.8) is 0 Å². The molecule has 6 N–H and O–H groups in total. The van der Waals surface area contributed by atoms with E-state index in [0.29, 0.717) is 24.8 Å². The summed E-state index contributed by atoms with van der Waals surface area (Å²) in [7, 11) is 0. The smallest absolute Gasteiger partial charge is 0.246 e. The first-order valence-corrected chi connectivity index (χ1v) is 16.4. The van der Waals surface area contributed by atoms with Crippen LogP contribution >= 0.6 is 0 Å². The second-order valence-electron chi connectivity index (χ2n) is 12.9. The number of aliphatic hydroxyl groups is 1. The molecule has 3 heterocycles. The zero-order valence-electron chi connectivity index (χ0n) is 27.1. The predicted octanol–water partition coefficient (Wildman–Crippen LogP) is -0.894. The van der Waals surface area contributed by atoms with E-state index in [1.54, 1.807) is 48.8 Å². The number of carbonyl (C=O) groups excluding carboxylic acids is 6. The Balaban J connectivity index is 1.46. The van der Waals surface area contributed by atoms with Gasteiger partial charge in [0.15, 0.2) is 0 Å². The molecule has 3 aliphatic rings. The highest BCUT2D eigenvalue weighted by Crippen LogP contribution is 2.27. The Morgan fingerprint density at radius 3 is 2.40 bits per heavy atom. The molecule has 14 heteroatoms. The lowest BCUT2D eigenvalue weighted by Crippen LogP contribution is -2.61. The molecule has 1 saturated carbocycles. The molecule has 0 spiro atoms. The highest BCUT2D eigenvalue weighted by atomic mass is 16.3. The number of aromatic nitrogens is 1. The van der Waals surface area contributed by atoms with Gasteiger partial charge in [0.25, 0.3) is 0 Å². The van der Waals surface area contributed by atoms with Gasteiger partial charge in [-0.05, 0) is 50.3 Å². The summed E-state index contributed by atoms with van der Waals surface area (Å²) < 4.78 is 0. The van der Waals surface area contributed by atoms with Crippen molar-refractivity contribution in [2.24, 2.45) is 5.92 Å². The maximum Gasteiger partial charge on any atom is 0.246 e. The fourth-order valence-electron chi connectivity index (χ4n) is 6.71. The van der Waals surface area contributed by atoms with E-state index in [4.69, 9.17) is 0 Å². The van der Waals surface area contributed by atoms with Gasteiger partial charge in [0.2, 0.25) is 35.4 Å². The summed E-state index contributed by atoms with van der Waals surface area (Å²) in [4.78, 5) is 86.7. The van der Waals surface area contributed by atoms with Crippen molar-refractivity contribution >= 4 is 35.4 Å². The maximum atomic E-state index is 14.4. The Bertz CT molecular complexity index is 1510. The minimum absolute atomic E-state index is 0.0300. The number of fused-ring (bicyclic) bond motifs is 2. The van der Waals surface area contributed by atoms with E-state index in [1.165, 1.54) is 18.7 Å². The Morgan fingerprint density at radius 2 is 1.69 bits per heavy atom. The number of benzene rings is 1. The molecule has 2 saturated heterocycles. The third-order valence-electron chi connectivity index (χ3n) is 9.23. The van der Waals surface area contributed by atoms with Crippen LogP contribution in [-0.2, 0) is 41.6 Å². The molecule has 1 aromatic carbocycles. The number of nitrogens with one attached hydrogen (secondary N) is 5. The first-order valence-electron chi connectivity index (χ1n) is 16.4. The van der Waals surface area contributed by atoms with E-state index in [9.17, 15) is 33.9 Å². The molecule has 0 unspecified atom stereocenters. The third-order valence-corrected chi connectivity index (χ3v) is 9.23. The summed E-state index contributed by atoms with van der Waals surface area (Å²) in [6, 6.07) is 6.72. The second-order valence-corrected chi connectivity index (χ2v) is 12.9. The van der Waals surface area contributed by atoms with Crippen LogP contribution in [-0.4, -0.2) is 99.3 Å². The first-order chi connectivity index (χ1) is 23.0. The van der Waals surface area contributed by atoms with Gasteiger partial charge in [-0.2, -0.15) is 0 Å². The van der Waals surface area contributed by atoms with Crippen molar-refractivity contribution in [2.45, 2.75) is 94.7 Å². The molecule has 256 valence electrons. The van der Waals surface area contributed by atoms with Crippen LogP contribution in [0.15, 0.2) is 54.9 Å². The largest absolute Gasteiger partial charge is 0.391 e. The number of rotatable bonds is 6. The van der Waals surface area contributed by atoms with E-state index in [-0.39, 0.29) is 31.7 Å². The van der Waals surface area contributed by atoms with Crippen molar-refractivity contribution in [1.29, 1.82) is 0 Å². The standard InChI is InChI=1S/C34H43N7O7/c1-19-30(44)38-25-12-6-11-24(25)31(45)40-29(20(2)42)33(47)39-26(14-21-8-4-3-5-9-21)34(48)41-18-23(16-27(41)32(46)36-19)37-28(43)15-22-10-7-13-35-17-22/h3-5,7-10,13,17,19-20,23-27,29,42H,6,11-12,14-16,18H2,1-2H3,(H,36,46)(H,37,43)(H,38,44)(H,39,47)(H,40,45)/t19-,20+,23+,24+,25+,26-,27-,29-/m0/s1. The summed E-state index contributed by atoms with van der Waals surface area (Å²) in [6.07, 6.45) is 3.71. The van der Waals surface area contributed by atoms with E-state index in [2.05, 4.69) is 31.6 Å².